The van der Waals surface area contributed by atoms with Crippen molar-refractivity contribution < 1.29 is 17.9 Å². The molecule has 1 aliphatic carbocycles. The second kappa shape index (κ2) is 5.37. The van der Waals surface area contributed by atoms with Crippen LogP contribution in [0.3, 0.4) is 0 Å². The first-order valence-electron chi connectivity index (χ1n) is 4.89. The fraction of sp³-hybridized carbons (Fsp3) is 1.00. The number of nitrogens with one attached hydrogen (secondary N) is 1. The Morgan fingerprint density at radius 3 is 2.47 bits per heavy atom. The van der Waals surface area contributed by atoms with Crippen LogP contribution < -0.4 is 5.32 Å². The summed E-state index contributed by atoms with van der Waals surface area (Å²) in [6.45, 7) is 0.119. The third-order valence-electron chi connectivity index (χ3n) is 2.43. The molecule has 1 rings (SSSR count). The quantitative estimate of drug-likeness (QED) is 0.548. The summed E-state index contributed by atoms with van der Waals surface area (Å²) in [6.07, 6.45) is -2.02. The summed E-state index contributed by atoms with van der Waals surface area (Å²) < 4.78 is 39.4. The highest BCUT2D eigenvalue weighted by Gasteiger charge is 2.41. The lowest BCUT2D eigenvalue weighted by Gasteiger charge is -2.12. The molecule has 0 saturated heterocycles. The summed E-state index contributed by atoms with van der Waals surface area (Å²) in [6, 6.07) is 0. The Hall–Kier alpha value is 0. The maximum absolute atomic E-state index is 11.7. The van der Waals surface area contributed by atoms with Crippen LogP contribution in [0.5, 0.6) is 0 Å². The van der Waals surface area contributed by atoms with E-state index in [-0.39, 0.29) is 12.0 Å². The summed E-state index contributed by atoms with van der Waals surface area (Å²) in [5, 5.41) is 3.05. The van der Waals surface area contributed by atoms with E-state index in [1.165, 1.54) is 0 Å². The zero-order valence-electron chi connectivity index (χ0n) is 8.37. The molecule has 0 aromatic heterocycles. The molecule has 15 heavy (non-hydrogen) atoms. The molecule has 0 aliphatic heterocycles. The number of rotatable bonds is 7. The molecule has 0 aromatic rings. The van der Waals surface area contributed by atoms with E-state index in [1.807, 2.05) is 0 Å². The van der Waals surface area contributed by atoms with Crippen LogP contribution in [-0.4, -0.2) is 38.4 Å². The van der Waals surface area contributed by atoms with Gasteiger partial charge in [0.15, 0.2) is 0 Å². The first kappa shape index (κ1) is 13.1. The zero-order chi connectivity index (χ0) is 11.4. The van der Waals surface area contributed by atoms with Crippen molar-refractivity contribution in [2.45, 2.75) is 19.0 Å². The Morgan fingerprint density at radius 2 is 2.00 bits per heavy atom. The van der Waals surface area contributed by atoms with Gasteiger partial charge in [-0.05, 0) is 18.3 Å². The monoisotopic (exact) mass is 245 g/mol. The molecule has 1 N–H and O–H groups in total. The lowest BCUT2D eigenvalue weighted by Crippen LogP contribution is -2.29. The van der Waals surface area contributed by atoms with E-state index in [2.05, 4.69) is 10.1 Å². The smallest absolute Gasteiger partial charge is 0.371 e. The second-order valence-electron chi connectivity index (χ2n) is 3.98. The van der Waals surface area contributed by atoms with Gasteiger partial charge < -0.3 is 10.1 Å². The van der Waals surface area contributed by atoms with Gasteiger partial charge in [0.2, 0.25) is 0 Å². The van der Waals surface area contributed by atoms with Gasteiger partial charge in [-0.15, -0.1) is 11.6 Å². The molecule has 1 saturated carbocycles. The molecular weight excluding hydrogens is 231 g/mol. The van der Waals surface area contributed by atoms with Crippen molar-refractivity contribution in [1.29, 1.82) is 0 Å². The van der Waals surface area contributed by atoms with Crippen LogP contribution in [0.25, 0.3) is 0 Å². The van der Waals surface area contributed by atoms with Gasteiger partial charge >= 0.3 is 6.18 Å². The molecule has 2 nitrogen and oxygen atoms in total. The number of hydrogen-bond acceptors (Lipinski definition) is 2. The SMILES string of the molecule is FC(F)(F)COCCNCC1(CCl)CC1. The van der Waals surface area contributed by atoms with Gasteiger partial charge in [0.1, 0.15) is 6.61 Å². The maximum atomic E-state index is 11.7. The molecule has 0 aromatic carbocycles. The van der Waals surface area contributed by atoms with Gasteiger partial charge in [-0.25, -0.2) is 0 Å². The van der Waals surface area contributed by atoms with Crippen LogP contribution in [0.2, 0.25) is 0 Å². The zero-order valence-corrected chi connectivity index (χ0v) is 9.13. The van der Waals surface area contributed by atoms with E-state index < -0.39 is 12.8 Å². The normalized spacial score (nSPS) is 19.2. The Kier molecular flexibility index (Phi) is 4.67. The predicted molar refractivity (Wildman–Crippen MR) is 52.1 cm³/mol. The van der Waals surface area contributed by atoms with Gasteiger partial charge in [-0.3, -0.25) is 0 Å². The first-order chi connectivity index (χ1) is 6.97. The van der Waals surface area contributed by atoms with Crippen molar-refractivity contribution >= 4 is 11.6 Å². The minimum Gasteiger partial charge on any atom is -0.371 e. The highest BCUT2D eigenvalue weighted by molar-refractivity contribution is 6.18. The molecular formula is C9H15ClF3NO. The molecule has 90 valence electrons. The van der Waals surface area contributed by atoms with Crippen molar-refractivity contribution in [2.75, 3.05) is 32.2 Å². The van der Waals surface area contributed by atoms with Gasteiger partial charge in [0, 0.05) is 19.0 Å². The van der Waals surface area contributed by atoms with Crippen molar-refractivity contribution in [3.8, 4) is 0 Å². The number of hydrogen-bond donors (Lipinski definition) is 1. The molecule has 0 bridgehead atoms. The fourth-order valence-corrected chi connectivity index (χ4v) is 1.58. The third-order valence-corrected chi connectivity index (χ3v) is 3.00. The van der Waals surface area contributed by atoms with E-state index in [4.69, 9.17) is 11.6 Å². The topological polar surface area (TPSA) is 21.3 Å². The standard InChI is InChI=1S/C9H15ClF3NO/c10-5-8(1-2-8)6-14-3-4-15-7-9(11,12)13/h14H,1-7H2. The number of ether oxygens (including phenoxy) is 1. The van der Waals surface area contributed by atoms with E-state index in [0.29, 0.717) is 12.4 Å². The van der Waals surface area contributed by atoms with Crippen molar-refractivity contribution in [3.63, 3.8) is 0 Å². The maximum Gasteiger partial charge on any atom is 0.411 e. The average molecular weight is 246 g/mol. The average Bonchev–Trinajstić information content (AvgIpc) is 2.90. The Labute approximate surface area is 92.1 Å². The molecule has 0 amide bonds. The van der Waals surface area contributed by atoms with Crippen LogP contribution in [-0.2, 0) is 4.74 Å². The molecule has 1 fully saturated rings. The van der Waals surface area contributed by atoms with Crippen molar-refractivity contribution in [1.82, 2.24) is 5.32 Å². The van der Waals surface area contributed by atoms with Crippen LogP contribution in [0, 0.1) is 5.41 Å². The lowest BCUT2D eigenvalue weighted by atomic mass is 10.1. The Balaban J connectivity index is 1.90. The highest BCUT2D eigenvalue weighted by Crippen LogP contribution is 2.45. The molecule has 0 heterocycles. The van der Waals surface area contributed by atoms with E-state index in [9.17, 15) is 13.2 Å². The second-order valence-corrected chi connectivity index (χ2v) is 4.25. The van der Waals surface area contributed by atoms with E-state index >= 15 is 0 Å². The van der Waals surface area contributed by atoms with Gasteiger partial charge in [-0.1, -0.05) is 0 Å². The summed E-state index contributed by atoms with van der Waals surface area (Å²) >= 11 is 5.74. The minimum atomic E-state index is -4.23. The molecule has 6 heteroatoms. The number of halogens is 4. The summed E-state index contributed by atoms with van der Waals surface area (Å²) in [5.74, 6) is 0.614. The molecule has 0 unspecified atom stereocenters. The largest absolute Gasteiger partial charge is 0.411 e. The summed E-state index contributed by atoms with van der Waals surface area (Å²) in [5.41, 5.74) is 0.200. The van der Waals surface area contributed by atoms with Crippen LogP contribution in [0.4, 0.5) is 13.2 Å². The van der Waals surface area contributed by atoms with Crippen LogP contribution in [0.1, 0.15) is 12.8 Å². The molecule has 0 radical (unpaired) electrons. The summed E-state index contributed by atoms with van der Waals surface area (Å²) in [4.78, 5) is 0. The van der Waals surface area contributed by atoms with Crippen LogP contribution in [0.15, 0.2) is 0 Å². The Morgan fingerprint density at radius 1 is 1.33 bits per heavy atom. The molecule has 0 atom stereocenters. The van der Waals surface area contributed by atoms with Crippen molar-refractivity contribution in [2.24, 2.45) is 5.41 Å². The predicted octanol–water partition coefficient (Wildman–Crippen LogP) is 2.17. The summed E-state index contributed by atoms with van der Waals surface area (Å²) in [7, 11) is 0. The van der Waals surface area contributed by atoms with Gasteiger partial charge in [0.05, 0.1) is 6.61 Å². The van der Waals surface area contributed by atoms with E-state index in [1.54, 1.807) is 0 Å². The Bertz CT molecular complexity index is 194. The van der Waals surface area contributed by atoms with Crippen molar-refractivity contribution in [3.05, 3.63) is 0 Å². The van der Waals surface area contributed by atoms with Crippen LogP contribution >= 0.6 is 11.6 Å². The molecule has 1 aliphatic rings. The minimum absolute atomic E-state index is 0.0812. The fourth-order valence-electron chi connectivity index (χ4n) is 1.22. The first-order valence-corrected chi connectivity index (χ1v) is 5.42. The third kappa shape index (κ3) is 5.58. The highest BCUT2D eigenvalue weighted by atomic mass is 35.5. The molecule has 0 spiro atoms. The van der Waals surface area contributed by atoms with Gasteiger partial charge in [-0.2, -0.15) is 13.2 Å². The van der Waals surface area contributed by atoms with Gasteiger partial charge in [0.25, 0.3) is 0 Å². The number of alkyl halides is 4. The lowest BCUT2D eigenvalue weighted by molar-refractivity contribution is -0.173. The van der Waals surface area contributed by atoms with E-state index in [0.717, 1.165) is 19.4 Å².